The number of carboxylic acid groups (broad SMARTS) is 1. The second kappa shape index (κ2) is 10.6. The number of nitrogens with zero attached hydrogens (tertiary/aromatic N) is 1. The Morgan fingerprint density at radius 2 is 1.47 bits per heavy atom. The van der Waals surface area contributed by atoms with Crippen molar-refractivity contribution in [1.82, 2.24) is 4.90 Å². The minimum Gasteiger partial charge on any atom is -0.548 e. The largest absolute Gasteiger partial charge is 1.00 e. The van der Waals surface area contributed by atoms with Crippen LogP contribution in [0.3, 0.4) is 0 Å². The van der Waals surface area contributed by atoms with E-state index >= 15 is 0 Å². The third-order valence-corrected chi connectivity index (χ3v) is 2.58. The molecule has 0 spiro atoms. The molecular formula is C11H22LiNO6. The Kier molecular flexibility index (Phi) is 11.8. The molecule has 0 aliphatic rings. The van der Waals surface area contributed by atoms with Crippen LogP contribution in [0.5, 0.6) is 0 Å². The number of hydrogen-bond donors (Lipinski definition) is 4. The third-order valence-electron chi connectivity index (χ3n) is 2.58. The van der Waals surface area contributed by atoms with E-state index in [-0.39, 0.29) is 37.9 Å². The van der Waals surface area contributed by atoms with Gasteiger partial charge in [-0.3, -0.25) is 4.90 Å². The van der Waals surface area contributed by atoms with Gasteiger partial charge in [0, 0.05) is 13.1 Å². The van der Waals surface area contributed by atoms with Crippen LogP contribution in [0.15, 0.2) is 0 Å². The normalized spacial score (nSPS) is 16.0. The number of aliphatic carboxylic acids is 1. The van der Waals surface area contributed by atoms with Gasteiger partial charge in [0.2, 0.25) is 0 Å². The van der Waals surface area contributed by atoms with Crippen LogP contribution in [0, 0.1) is 5.92 Å². The molecular weight excluding hydrogens is 249 g/mol. The number of carbonyl (C=O) groups excluding carboxylic acids is 1. The van der Waals surface area contributed by atoms with E-state index in [1.807, 2.05) is 0 Å². The average Bonchev–Trinajstić information content (AvgIpc) is 2.27. The molecule has 0 rings (SSSR count). The predicted octanol–water partition coefficient (Wildman–Crippen LogP) is -6.23. The average molecular weight is 271 g/mol. The number of carboxylic acids is 1. The zero-order valence-electron chi connectivity index (χ0n) is 11.7. The molecule has 0 aliphatic heterocycles. The summed E-state index contributed by atoms with van der Waals surface area (Å²) in [5.41, 5.74) is 0. The fourth-order valence-electron chi connectivity index (χ4n) is 1.80. The van der Waals surface area contributed by atoms with E-state index in [0.717, 1.165) is 0 Å². The topological polar surface area (TPSA) is 124 Å². The Morgan fingerprint density at radius 3 is 1.68 bits per heavy atom. The van der Waals surface area contributed by atoms with E-state index in [2.05, 4.69) is 0 Å². The van der Waals surface area contributed by atoms with Gasteiger partial charge in [-0.15, -0.1) is 0 Å². The molecule has 7 nitrogen and oxygen atoms in total. The van der Waals surface area contributed by atoms with E-state index in [0.29, 0.717) is 0 Å². The summed E-state index contributed by atoms with van der Waals surface area (Å²) < 4.78 is 0. The molecule has 19 heavy (non-hydrogen) atoms. The molecule has 4 N–H and O–H groups in total. The Hall–Kier alpha value is -0.133. The molecule has 0 heterocycles. The number of aliphatic hydroxyl groups excluding tert-OH is 4. The predicted molar refractivity (Wildman–Crippen MR) is 61.4 cm³/mol. The SMILES string of the molecule is CC(C)C(C(=O)[O-])N(CC(O)CO)CC(O)CO.[Li+]. The van der Waals surface area contributed by atoms with Gasteiger partial charge in [0.15, 0.2) is 0 Å². The summed E-state index contributed by atoms with van der Waals surface area (Å²) in [6.07, 6.45) is -2.23. The summed E-state index contributed by atoms with van der Waals surface area (Å²) in [6.45, 7) is 2.08. The van der Waals surface area contributed by atoms with Gasteiger partial charge in [-0.25, -0.2) is 0 Å². The van der Waals surface area contributed by atoms with E-state index in [1.54, 1.807) is 13.8 Å². The number of hydrogen-bond acceptors (Lipinski definition) is 7. The second-order valence-electron chi connectivity index (χ2n) is 4.63. The Bertz CT molecular complexity index is 241. The van der Waals surface area contributed by atoms with E-state index in [1.165, 1.54) is 4.90 Å². The number of carbonyl (C=O) groups is 1. The zero-order chi connectivity index (χ0) is 14.3. The molecule has 0 amide bonds. The Labute approximate surface area is 125 Å². The van der Waals surface area contributed by atoms with Crippen LogP contribution in [0.2, 0.25) is 0 Å². The quantitative estimate of drug-likeness (QED) is 0.307. The van der Waals surface area contributed by atoms with Gasteiger partial charge in [0.1, 0.15) is 0 Å². The summed E-state index contributed by atoms with van der Waals surface area (Å²) in [7, 11) is 0. The van der Waals surface area contributed by atoms with Crippen molar-refractivity contribution in [3.8, 4) is 0 Å². The van der Waals surface area contributed by atoms with Gasteiger partial charge in [-0.2, -0.15) is 0 Å². The Balaban J connectivity index is 0. The van der Waals surface area contributed by atoms with Gasteiger partial charge in [0.05, 0.1) is 37.4 Å². The molecule has 0 aromatic carbocycles. The van der Waals surface area contributed by atoms with Gasteiger partial charge < -0.3 is 30.3 Å². The maximum Gasteiger partial charge on any atom is 1.00 e. The van der Waals surface area contributed by atoms with E-state index < -0.39 is 37.4 Å². The minimum absolute atomic E-state index is 0. The smallest absolute Gasteiger partial charge is 0.548 e. The fourth-order valence-corrected chi connectivity index (χ4v) is 1.80. The molecule has 8 heteroatoms. The van der Waals surface area contributed by atoms with Crippen molar-refractivity contribution in [2.24, 2.45) is 5.92 Å². The summed E-state index contributed by atoms with van der Waals surface area (Å²) >= 11 is 0. The maximum atomic E-state index is 11.1. The monoisotopic (exact) mass is 271 g/mol. The molecule has 108 valence electrons. The fraction of sp³-hybridized carbons (Fsp3) is 0.909. The minimum atomic E-state index is -1.32. The first-order valence-electron chi connectivity index (χ1n) is 5.86. The molecule has 0 saturated heterocycles. The molecule has 3 atom stereocenters. The van der Waals surface area contributed by atoms with Gasteiger partial charge in [-0.05, 0) is 5.92 Å². The summed E-state index contributed by atoms with van der Waals surface area (Å²) in [6, 6.07) is -1.01. The van der Waals surface area contributed by atoms with Crippen LogP contribution >= 0.6 is 0 Å². The zero-order valence-corrected chi connectivity index (χ0v) is 11.7. The summed E-state index contributed by atoms with van der Waals surface area (Å²) in [4.78, 5) is 12.4. The van der Waals surface area contributed by atoms with Gasteiger partial charge in [-0.1, -0.05) is 13.8 Å². The molecule has 0 aromatic rings. The van der Waals surface area contributed by atoms with Crippen LogP contribution in [-0.4, -0.2) is 75.8 Å². The van der Waals surface area contributed by atoms with E-state index in [9.17, 15) is 20.1 Å². The molecule has 3 unspecified atom stereocenters. The molecule has 0 saturated carbocycles. The molecule has 0 bridgehead atoms. The van der Waals surface area contributed by atoms with Crippen molar-refractivity contribution >= 4 is 5.97 Å². The first-order valence-corrected chi connectivity index (χ1v) is 5.86. The van der Waals surface area contributed by atoms with Crippen molar-refractivity contribution in [2.45, 2.75) is 32.1 Å². The first kappa shape index (κ1) is 21.2. The number of rotatable bonds is 9. The standard InChI is InChI=1S/C11H23NO6.Li/c1-7(2)10(11(17)18)12(3-8(15)5-13)4-9(16)6-14;/h7-10,13-16H,3-6H2,1-2H3,(H,17,18);/q;+1/p-1. The van der Waals surface area contributed by atoms with Crippen molar-refractivity contribution < 1.29 is 49.2 Å². The third kappa shape index (κ3) is 7.90. The van der Waals surface area contributed by atoms with Gasteiger partial charge >= 0.3 is 18.9 Å². The van der Waals surface area contributed by atoms with E-state index in [4.69, 9.17) is 10.2 Å². The van der Waals surface area contributed by atoms with Crippen LogP contribution in [-0.2, 0) is 4.79 Å². The summed E-state index contributed by atoms with van der Waals surface area (Å²) in [5.74, 6) is -1.62. The van der Waals surface area contributed by atoms with Crippen LogP contribution < -0.4 is 24.0 Å². The van der Waals surface area contributed by atoms with Crippen molar-refractivity contribution in [3.63, 3.8) is 0 Å². The van der Waals surface area contributed by atoms with Crippen LogP contribution in [0.25, 0.3) is 0 Å². The molecule has 0 radical (unpaired) electrons. The number of aliphatic hydroxyl groups is 4. The van der Waals surface area contributed by atoms with Gasteiger partial charge in [0.25, 0.3) is 0 Å². The summed E-state index contributed by atoms with van der Waals surface area (Å²) in [5, 5.41) is 47.4. The molecule has 0 aromatic heterocycles. The maximum absolute atomic E-state index is 11.1. The van der Waals surface area contributed by atoms with Crippen molar-refractivity contribution in [1.29, 1.82) is 0 Å². The molecule has 0 aliphatic carbocycles. The van der Waals surface area contributed by atoms with Crippen LogP contribution in [0.1, 0.15) is 13.8 Å². The first-order chi connectivity index (χ1) is 8.33. The van der Waals surface area contributed by atoms with Crippen molar-refractivity contribution in [2.75, 3.05) is 26.3 Å². The molecule has 0 fully saturated rings. The van der Waals surface area contributed by atoms with Crippen LogP contribution in [0.4, 0.5) is 0 Å². The van der Waals surface area contributed by atoms with Crippen molar-refractivity contribution in [3.05, 3.63) is 0 Å². The second-order valence-corrected chi connectivity index (χ2v) is 4.63. The Morgan fingerprint density at radius 1 is 1.11 bits per heavy atom.